The molecule has 2 aliphatic rings. The average Bonchev–Trinajstić information content (AvgIpc) is 3.54. The van der Waals surface area contributed by atoms with Crippen molar-refractivity contribution in [2.75, 3.05) is 18.0 Å². The molecule has 156 valence electrons. The predicted octanol–water partition coefficient (Wildman–Crippen LogP) is 2.30. The maximum Gasteiger partial charge on any atom is 0.350 e. The number of amides is 1. The van der Waals surface area contributed by atoms with Crippen molar-refractivity contribution in [2.45, 2.75) is 37.9 Å². The minimum atomic E-state index is -0.950. The molecule has 0 spiro atoms. The number of piperidine rings is 1. The molecule has 3 aromatic heterocycles. The second-order valence-corrected chi connectivity index (χ2v) is 8.02. The van der Waals surface area contributed by atoms with Gasteiger partial charge in [-0.3, -0.25) is 9.20 Å². The van der Waals surface area contributed by atoms with Crippen LogP contribution in [0.1, 0.15) is 36.0 Å². The standard InChI is InChI=1S/C21H23FN6O2/c1-25-21(30)27-10-8-17(11-19(27)24-25)28(16-5-6-16)18-7-4-14(12-23-18)20(29)26-9-2-3-15(22)13-26/h4,7-8,10-12,15-16H,2-3,5-6,9,13H2,1H3. The fraction of sp³-hybridized carbons (Fsp3) is 0.429. The van der Waals surface area contributed by atoms with E-state index in [4.69, 9.17) is 0 Å². The van der Waals surface area contributed by atoms with Crippen LogP contribution in [0.3, 0.4) is 0 Å². The molecule has 0 bridgehead atoms. The number of carbonyl (C=O) groups excluding carboxylic acids is 1. The van der Waals surface area contributed by atoms with E-state index in [0.29, 0.717) is 36.6 Å². The lowest BCUT2D eigenvalue weighted by molar-refractivity contribution is 0.0635. The number of carbonyl (C=O) groups is 1. The Balaban J connectivity index is 1.43. The largest absolute Gasteiger partial charge is 0.350 e. The zero-order chi connectivity index (χ0) is 20.8. The second kappa shape index (κ2) is 7.23. The van der Waals surface area contributed by atoms with Gasteiger partial charge in [-0.15, -0.1) is 0 Å². The lowest BCUT2D eigenvalue weighted by Gasteiger charge is -2.29. The molecule has 9 heteroatoms. The zero-order valence-corrected chi connectivity index (χ0v) is 16.7. The quantitative estimate of drug-likeness (QED) is 0.660. The Kier molecular flexibility index (Phi) is 4.52. The van der Waals surface area contributed by atoms with Gasteiger partial charge < -0.3 is 9.80 Å². The van der Waals surface area contributed by atoms with Gasteiger partial charge in [0.05, 0.1) is 12.1 Å². The summed E-state index contributed by atoms with van der Waals surface area (Å²) in [7, 11) is 1.62. The molecule has 1 saturated carbocycles. The number of hydrogen-bond donors (Lipinski definition) is 0. The van der Waals surface area contributed by atoms with Gasteiger partial charge in [0.1, 0.15) is 12.0 Å². The van der Waals surface area contributed by atoms with Crippen molar-refractivity contribution in [2.24, 2.45) is 7.05 Å². The maximum absolute atomic E-state index is 13.7. The third-order valence-electron chi connectivity index (χ3n) is 5.74. The third kappa shape index (κ3) is 3.34. The maximum atomic E-state index is 13.7. The molecule has 1 unspecified atom stereocenters. The Labute approximate surface area is 172 Å². The molecule has 1 aliphatic carbocycles. The van der Waals surface area contributed by atoms with Crippen LogP contribution in [-0.2, 0) is 7.05 Å². The molecule has 30 heavy (non-hydrogen) atoms. The fourth-order valence-electron chi connectivity index (χ4n) is 4.03. The Hall–Kier alpha value is -3.23. The molecule has 4 heterocycles. The van der Waals surface area contributed by atoms with Gasteiger partial charge >= 0.3 is 5.69 Å². The molecule has 1 amide bonds. The predicted molar refractivity (Wildman–Crippen MR) is 110 cm³/mol. The van der Waals surface area contributed by atoms with E-state index < -0.39 is 6.17 Å². The van der Waals surface area contributed by atoms with Gasteiger partial charge in [-0.05, 0) is 43.9 Å². The SMILES string of the molecule is Cn1nc2cc(N(c3ccc(C(=O)N4CCCC(F)C4)cn3)C3CC3)ccn2c1=O. The number of likely N-dealkylation sites (tertiary alicyclic amines) is 1. The van der Waals surface area contributed by atoms with Gasteiger partial charge in [-0.1, -0.05) is 0 Å². The van der Waals surface area contributed by atoms with Gasteiger partial charge in [0.25, 0.3) is 5.91 Å². The van der Waals surface area contributed by atoms with E-state index in [-0.39, 0.29) is 18.1 Å². The molecule has 2 fully saturated rings. The van der Waals surface area contributed by atoms with E-state index in [9.17, 15) is 14.0 Å². The number of aromatic nitrogens is 4. The molecule has 8 nitrogen and oxygen atoms in total. The number of hydrogen-bond acceptors (Lipinski definition) is 5. The molecule has 5 rings (SSSR count). The normalized spacial score (nSPS) is 19.3. The summed E-state index contributed by atoms with van der Waals surface area (Å²) in [6.45, 7) is 0.733. The van der Waals surface area contributed by atoms with E-state index in [2.05, 4.69) is 15.0 Å². The van der Waals surface area contributed by atoms with E-state index >= 15 is 0 Å². The van der Waals surface area contributed by atoms with E-state index in [1.165, 1.54) is 9.08 Å². The Morgan fingerprint density at radius 1 is 1.23 bits per heavy atom. The Morgan fingerprint density at radius 3 is 2.77 bits per heavy atom. The van der Waals surface area contributed by atoms with Crippen LogP contribution in [0.5, 0.6) is 0 Å². The van der Waals surface area contributed by atoms with Crippen LogP contribution in [0.2, 0.25) is 0 Å². The van der Waals surface area contributed by atoms with Crippen LogP contribution in [0.15, 0.2) is 41.5 Å². The number of nitrogens with zero attached hydrogens (tertiary/aromatic N) is 6. The summed E-state index contributed by atoms with van der Waals surface area (Å²) in [5, 5.41) is 4.26. The topological polar surface area (TPSA) is 75.7 Å². The van der Waals surface area contributed by atoms with Gasteiger partial charge in [-0.2, -0.15) is 5.10 Å². The fourth-order valence-corrected chi connectivity index (χ4v) is 4.03. The molecular formula is C21H23FN6O2. The number of halogens is 1. The van der Waals surface area contributed by atoms with Crippen LogP contribution < -0.4 is 10.6 Å². The highest BCUT2D eigenvalue weighted by Crippen LogP contribution is 2.37. The molecule has 0 aromatic carbocycles. The van der Waals surface area contributed by atoms with Crippen molar-refractivity contribution >= 4 is 23.1 Å². The van der Waals surface area contributed by atoms with Crippen molar-refractivity contribution in [3.8, 4) is 0 Å². The first kappa shape index (κ1) is 18.8. The monoisotopic (exact) mass is 410 g/mol. The lowest BCUT2D eigenvalue weighted by atomic mass is 10.1. The average molecular weight is 410 g/mol. The van der Waals surface area contributed by atoms with Crippen LogP contribution in [0.4, 0.5) is 15.9 Å². The van der Waals surface area contributed by atoms with E-state index in [1.807, 2.05) is 18.2 Å². The van der Waals surface area contributed by atoms with Gasteiger partial charge in [0.2, 0.25) is 0 Å². The summed E-state index contributed by atoms with van der Waals surface area (Å²) >= 11 is 0. The summed E-state index contributed by atoms with van der Waals surface area (Å²) in [6.07, 6.45) is 5.64. The lowest BCUT2D eigenvalue weighted by Crippen LogP contribution is -2.40. The highest BCUT2D eigenvalue weighted by molar-refractivity contribution is 5.94. The van der Waals surface area contributed by atoms with Crippen LogP contribution in [0.25, 0.3) is 5.65 Å². The summed E-state index contributed by atoms with van der Waals surface area (Å²) < 4.78 is 16.5. The van der Waals surface area contributed by atoms with E-state index in [1.54, 1.807) is 30.4 Å². The van der Waals surface area contributed by atoms with Gasteiger partial charge in [-0.25, -0.2) is 18.9 Å². The zero-order valence-electron chi connectivity index (χ0n) is 16.7. The second-order valence-electron chi connectivity index (χ2n) is 8.02. The molecule has 1 saturated heterocycles. The summed E-state index contributed by atoms with van der Waals surface area (Å²) in [4.78, 5) is 33.0. The first-order valence-electron chi connectivity index (χ1n) is 10.3. The van der Waals surface area contributed by atoms with Crippen molar-refractivity contribution in [1.82, 2.24) is 24.1 Å². The Bertz CT molecular complexity index is 1150. The highest BCUT2D eigenvalue weighted by atomic mass is 19.1. The molecule has 3 aromatic rings. The Morgan fingerprint density at radius 2 is 2.07 bits per heavy atom. The molecular weight excluding hydrogens is 387 g/mol. The first-order chi connectivity index (χ1) is 14.5. The number of anilines is 2. The van der Waals surface area contributed by atoms with Crippen molar-refractivity contribution < 1.29 is 9.18 Å². The molecule has 0 radical (unpaired) electrons. The first-order valence-corrected chi connectivity index (χ1v) is 10.3. The van der Waals surface area contributed by atoms with Crippen molar-refractivity contribution in [3.05, 3.63) is 52.7 Å². The number of pyridine rings is 2. The number of fused-ring (bicyclic) bond motifs is 1. The van der Waals surface area contributed by atoms with Crippen LogP contribution >= 0.6 is 0 Å². The van der Waals surface area contributed by atoms with Crippen molar-refractivity contribution in [1.29, 1.82) is 0 Å². The number of rotatable bonds is 4. The van der Waals surface area contributed by atoms with Crippen LogP contribution in [-0.4, -0.2) is 55.3 Å². The van der Waals surface area contributed by atoms with Gasteiger partial charge in [0, 0.05) is 43.8 Å². The van der Waals surface area contributed by atoms with Gasteiger partial charge in [0.15, 0.2) is 5.65 Å². The summed E-state index contributed by atoms with van der Waals surface area (Å²) in [5.74, 6) is 0.558. The minimum absolute atomic E-state index is 0.151. The third-order valence-corrected chi connectivity index (χ3v) is 5.74. The molecule has 1 atom stereocenters. The number of alkyl halides is 1. The highest BCUT2D eigenvalue weighted by Gasteiger charge is 2.32. The van der Waals surface area contributed by atoms with Crippen molar-refractivity contribution in [3.63, 3.8) is 0 Å². The molecule has 0 N–H and O–H groups in total. The number of aryl methyl sites for hydroxylation is 1. The molecule has 1 aliphatic heterocycles. The summed E-state index contributed by atoms with van der Waals surface area (Å²) in [6, 6.07) is 7.66. The minimum Gasteiger partial charge on any atom is -0.336 e. The smallest absolute Gasteiger partial charge is 0.336 e. The summed E-state index contributed by atoms with van der Waals surface area (Å²) in [5.41, 5.74) is 1.75. The van der Waals surface area contributed by atoms with Crippen LogP contribution in [0, 0.1) is 0 Å². The van der Waals surface area contributed by atoms with E-state index in [0.717, 1.165) is 24.3 Å².